The summed E-state index contributed by atoms with van der Waals surface area (Å²) in [5, 5.41) is 21.6. The minimum absolute atomic E-state index is 0.0288. The maximum Gasteiger partial charge on any atom is 0.254 e. The number of benzene rings is 2. The third-order valence-electron chi connectivity index (χ3n) is 6.87. The lowest BCUT2D eigenvalue weighted by atomic mass is 9.56. The number of phenolic OH excluding ortho intramolecular Hbond substituents is 1. The Hall–Kier alpha value is -2.86. The van der Waals surface area contributed by atoms with E-state index in [1.165, 1.54) is 0 Å². The van der Waals surface area contributed by atoms with E-state index in [9.17, 15) is 15.0 Å². The molecule has 0 spiro atoms. The Labute approximate surface area is 162 Å². The van der Waals surface area contributed by atoms with Gasteiger partial charge in [-0.25, -0.2) is 4.98 Å². The number of hydrogen-bond acceptors (Lipinski definition) is 4. The smallest absolute Gasteiger partial charge is 0.254 e. The van der Waals surface area contributed by atoms with Gasteiger partial charge in [0.1, 0.15) is 5.75 Å². The number of phenols is 1. The van der Waals surface area contributed by atoms with Gasteiger partial charge in [0.15, 0.2) is 0 Å². The first-order chi connectivity index (χ1) is 13.3. The normalized spacial score (nSPS) is 25.5. The number of nitrogens with one attached hydrogen (secondary N) is 1. The zero-order valence-electron chi connectivity index (χ0n) is 15.9. The molecule has 5 rings (SSSR count). The number of aromatic hydroxyl groups is 1. The second kappa shape index (κ2) is 5.58. The van der Waals surface area contributed by atoms with Gasteiger partial charge in [-0.1, -0.05) is 19.9 Å². The number of amides is 1. The monoisotopic (exact) mass is 377 g/mol. The van der Waals surface area contributed by atoms with Crippen LogP contribution >= 0.6 is 0 Å². The van der Waals surface area contributed by atoms with E-state index in [-0.39, 0.29) is 17.7 Å². The molecule has 1 aliphatic heterocycles. The summed E-state index contributed by atoms with van der Waals surface area (Å²) in [5.74, 6) is 0.131. The average molecular weight is 377 g/mol. The second-order valence-corrected chi connectivity index (χ2v) is 8.53. The summed E-state index contributed by atoms with van der Waals surface area (Å²) in [5.41, 5.74) is 2.45. The largest absolute Gasteiger partial charge is 0.508 e. The van der Waals surface area contributed by atoms with Crippen molar-refractivity contribution in [3.8, 4) is 5.75 Å². The summed E-state index contributed by atoms with van der Waals surface area (Å²) >= 11 is 0. The summed E-state index contributed by atoms with van der Waals surface area (Å²) in [4.78, 5) is 22.6. The molecule has 2 unspecified atom stereocenters. The van der Waals surface area contributed by atoms with Gasteiger partial charge in [-0.05, 0) is 54.3 Å². The highest BCUT2D eigenvalue weighted by Crippen LogP contribution is 2.55. The van der Waals surface area contributed by atoms with Crippen LogP contribution in [0, 0.1) is 5.41 Å². The van der Waals surface area contributed by atoms with Crippen LogP contribution in [0.2, 0.25) is 0 Å². The summed E-state index contributed by atoms with van der Waals surface area (Å²) in [6.07, 6.45) is 2.71. The molecular weight excluding hydrogens is 354 g/mol. The van der Waals surface area contributed by atoms with Gasteiger partial charge >= 0.3 is 0 Å². The first-order valence-corrected chi connectivity index (χ1v) is 9.60. The summed E-state index contributed by atoms with van der Waals surface area (Å²) in [6.45, 7) is 4.50. The molecule has 0 radical (unpaired) electrons. The van der Waals surface area contributed by atoms with E-state index in [4.69, 9.17) is 0 Å². The molecule has 1 amide bonds. The number of likely N-dealkylation sites (tertiary alicyclic amines) is 1. The fourth-order valence-electron chi connectivity index (χ4n) is 5.09. The number of carbonyl (C=O) groups is 1. The molecule has 2 aliphatic rings. The van der Waals surface area contributed by atoms with Crippen LogP contribution in [-0.4, -0.2) is 43.6 Å². The van der Waals surface area contributed by atoms with Crippen molar-refractivity contribution in [1.82, 2.24) is 14.9 Å². The zero-order valence-corrected chi connectivity index (χ0v) is 15.9. The molecular formula is C22H23N3O3. The number of aromatic amines is 1. The number of piperidine rings is 1. The van der Waals surface area contributed by atoms with E-state index < -0.39 is 11.0 Å². The Morgan fingerprint density at radius 3 is 2.89 bits per heavy atom. The molecule has 2 bridgehead atoms. The molecule has 2 aromatic carbocycles. The lowest BCUT2D eigenvalue weighted by Crippen LogP contribution is -2.65. The SMILES string of the molecule is CC1(C)C2Cc3ccc(O)cc3C1(O)CCN2C(=O)c1ccc2nc[nH]c2c1. The van der Waals surface area contributed by atoms with Crippen LogP contribution < -0.4 is 0 Å². The molecule has 3 N–H and O–H groups in total. The van der Waals surface area contributed by atoms with Crippen molar-refractivity contribution < 1.29 is 15.0 Å². The first kappa shape index (κ1) is 17.3. The second-order valence-electron chi connectivity index (χ2n) is 8.53. The molecule has 1 aromatic heterocycles. The van der Waals surface area contributed by atoms with E-state index in [1.54, 1.807) is 18.5 Å². The van der Waals surface area contributed by atoms with Gasteiger partial charge in [-0.3, -0.25) is 4.79 Å². The molecule has 144 valence electrons. The van der Waals surface area contributed by atoms with E-state index in [1.807, 2.05) is 43.0 Å². The Morgan fingerprint density at radius 2 is 2.07 bits per heavy atom. The topological polar surface area (TPSA) is 89.4 Å². The van der Waals surface area contributed by atoms with Gasteiger partial charge in [0, 0.05) is 23.6 Å². The summed E-state index contributed by atoms with van der Waals surface area (Å²) < 4.78 is 0. The van der Waals surface area contributed by atoms with Crippen LogP contribution in [0.1, 0.15) is 41.8 Å². The number of rotatable bonds is 1. The molecule has 6 heteroatoms. The standard InChI is InChI=1S/C22H23N3O3/c1-21(2)19-10-13-3-5-15(26)11-16(13)22(21,28)7-8-25(19)20(27)14-4-6-17-18(9-14)24-12-23-17/h3-6,9,11-12,19,26,28H,7-8,10H2,1-2H3,(H,23,24). The van der Waals surface area contributed by atoms with Crippen molar-refractivity contribution in [2.24, 2.45) is 5.41 Å². The molecule has 1 saturated heterocycles. The molecule has 28 heavy (non-hydrogen) atoms. The summed E-state index contributed by atoms with van der Waals surface area (Å²) in [6, 6.07) is 10.6. The van der Waals surface area contributed by atoms with Gasteiger partial charge in [0.25, 0.3) is 5.91 Å². The third kappa shape index (κ3) is 2.18. The van der Waals surface area contributed by atoms with Crippen LogP contribution in [0.3, 0.4) is 0 Å². The van der Waals surface area contributed by atoms with Gasteiger partial charge in [0.05, 0.1) is 23.0 Å². The van der Waals surface area contributed by atoms with Crippen molar-refractivity contribution in [2.75, 3.05) is 6.54 Å². The molecule has 3 aromatic rings. The zero-order chi connectivity index (χ0) is 19.7. The lowest BCUT2D eigenvalue weighted by Gasteiger charge is -2.59. The fourth-order valence-corrected chi connectivity index (χ4v) is 5.09. The van der Waals surface area contributed by atoms with E-state index >= 15 is 0 Å². The highest BCUT2D eigenvalue weighted by atomic mass is 16.3. The Balaban J connectivity index is 1.57. The summed E-state index contributed by atoms with van der Waals surface area (Å²) in [7, 11) is 0. The maximum atomic E-state index is 13.4. The average Bonchev–Trinajstić information content (AvgIpc) is 3.13. The molecule has 2 heterocycles. The van der Waals surface area contributed by atoms with Crippen molar-refractivity contribution in [1.29, 1.82) is 0 Å². The van der Waals surface area contributed by atoms with E-state index in [2.05, 4.69) is 9.97 Å². The first-order valence-electron chi connectivity index (χ1n) is 9.60. The van der Waals surface area contributed by atoms with Gasteiger partial charge in [-0.15, -0.1) is 0 Å². The number of aromatic nitrogens is 2. The van der Waals surface area contributed by atoms with Gasteiger partial charge in [-0.2, -0.15) is 0 Å². The van der Waals surface area contributed by atoms with E-state index in [0.29, 0.717) is 24.9 Å². The van der Waals surface area contributed by atoms with Crippen LogP contribution in [0.4, 0.5) is 0 Å². The molecule has 1 aliphatic carbocycles. The minimum atomic E-state index is -1.08. The van der Waals surface area contributed by atoms with Crippen molar-refractivity contribution in [2.45, 2.75) is 38.3 Å². The maximum absolute atomic E-state index is 13.4. The molecule has 2 atom stereocenters. The van der Waals surface area contributed by atoms with Crippen molar-refractivity contribution in [3.05, 3.63) is 59.4 Å². The minimum Gasteiger partial charge on any atom is -0.508 e. The fraction of sp³-hybridized carbons (Fsp3) is 0.364. The molecule has 6 nitrogen and oxygen atoms in total. The number of fused-ring (bicyclic) bond motifs is 5. The Morgan fingerprint density at radius 1 is 1.25 bits per heavy atom. The van der Waals surface area contributed by atoms with Crippen LogP contribution in [0.5, 0.6) is 5.75 Å². The Kier molecular flexibility index (Phi) is 3.44. The van der Waals surface area contributed by atoms with E-state index in [0.717, 1.165) is 22.2 Å². The van der Waals surface area contributed by atoms with Gasteiger partial charge in [0.2, 0.25) is 0 Å². The molecule has 1 fully saturated rings. The molecule has 0 saturated carbocycles. The van der Waals surface area contributed by atoms with Crippen LogP contribution in [0.15, 0.2) is 42.7 Å². The Bertz CT molecular complexity index is 1100. The number of aliphatic hydroxyl groups is 1. The number of nitrogens with zero attached hydrogens (tertiary/aromatic N) is 2. The van der Waals surface area contributed by atoms with Crippen molar-refractivity contribution >= 4 is 16.9 Å². The van der Waals surface area contributed by atoms with Crippen LogP contribution in [0.25, 0.3) is 11.0 Å². The number of H-pyrrole nitrogens is 1. The predicted octanol–water partition coefficient (Wildman–Crippen LogP) is 2.95. The predicted molar refractivity (Wildman–Crippen MR) is 105 cm³/mol. The highest BCUT2D eigenvalue weighted by Gasteiger charge is 2.58. The lowest BCUT2D eigenvalue weighted by molar-refractivity contribution is -0.155. The van der Waals surface area contributed by atoms with Gasteiger partial charge < -0.3 is 20.1 Å². The number of imidazole rings is 1. The van der Waals surface area contributed by atoms with Crippen LogP contribution in [-0.2, 0) is 12.0 Å². The third-order valence-corrected chi connectivity index (χ3v) is 6.87. The number of hydrogen-bond donors (Lipinski definition) is 3. The highest BCUT2D eigenvalue weighted by molar-refractivity contribution is 5.97. The van der Waals surface area contributed by atoms with Crippen molar-refractivity contribution in [3.63, 3.8) is 0 Å². The quantitative estimate of drug-likeness (QED) is 0.608. The number of carbonyl (C=O) groups excluding carboxylic acids is 1.